The first kappa shape index (κ1) is 12.8. The van der Waals surface area contributed by atoms with Gasteiger partial charge < -0.3 is 0 Å². The number of fused-ring (bicyclic) bond motifs is 1. The maximum absolute atomic E-state index is 11.0. The summed E-state index contributed by atoms with van der Waals surface area (Å²) in [6, 6.07) is 6.53. The molecule has 22 heavy (non-hydrogen) atoms. The largest absolute Gasteiger partial charge is 0.270 e. The van der Waals surface area contributed by atoms with E-state index in [4.69, 9.17) is 0 Å². The van der Waals surface area contributed by atoms with Crippen molar-refractivity contribution in [3.8, 4) is 5.82 Å². The van der Waals surface area contributed by atoms with Crippen molar-refractivity contribution in [2.45, 2.75) is 6.42 Å². The number of nitro benzene ring substituents is 1. The Balaban J connectivity index is 1.96. The summed E-state index contributed by atoms with van der Waals surface area (Å²) < 4.78 is 1.61. The summed E-state index contributed by atoms with van der Waals surface area (Å²) in [4.78, 5) is 12.4. The van der Waals surface area contributed by atoms with Crippen molar-refractivity contribution < 1.29 is 4.92 Å². The molecule has 0 saturated carbocycles. The van der Waals surface area contributed by atoms with Gasteiger partial charge in [0.15, 0.2) is 5.82 Å². The van der Waals surface area contributed by atoms with Gasteiger partial charge in [-0.05, 0) is 18.6 Å². The molecule has 9 heteroatoms. The van der Waals surface area contributed by atoms with Crippen LogP contribution in [0, 0.1) is 10.1 Å². The SMILES string of the molecule is O=[N+]([O-])c1ccc2c(c1)c(-n1cccn1)nn2N1CCCN1. The van der Waals surface area contributed by atoms with Crippen LogP contribution in [-0.4, -0.2) is 37.7 Å². The Morgan fingerprint density at radius 1 is 1.36 bits per heavy atom. The summed E-state index contributed by atoms with van der Waals surface area (Å²) in [6.45, 7) is 1.71. The van der Waals surface area contributed by atoms with Crippen LogP contribution in [0.15, 0.2) is 36.7 Å². The van der Waals surface area contributed by atoms with E-state index < -0.39 is 4.92 Å². The molecule has 0 radical (unpaired) electrons. The molecule has 2 aromatic heterocycles. The number of nitrogens with one attached hydrogen (secondary N) is 1. The van der Waals surface area contributed by atoms with Gasteiger partial charge in [0.1, 0.15) is 0 Å². The van der Waals surface area contributed by atoms with Gasteiger partial charge in [-0.15, -0.1) is 5.10 Å². The lowest BCUT2D eigenvalue weighted by atomic mass is 10.2. The van der Waals surface area contributed by atoms with Gasteiger partial charge in [-0.1, -0.05) is 0 Å². The summed E-state index contributed by atoms with van der Waals surface area (Å²) >= 11 is 0. The van der Waals surface area contributed by atoms with Crippen LogP contribution < -0.4 is 10.5 Å². The average molecular weight is 299 g/mol. The van der Waals surface area contributed by atoms with Crippen molar-refractivity contribution in [1.29, 1.82) is 0 Å². The van der Waals surface area contributed by atoms with E-state index in [-0.39, 0.29) is 5.69 Å². The van der Waals surface area contributed by atoms with E-state index in [9.17, 15) is 10.1 Å². The van der Waals surface area contributed by atoms with Crippen LogP contribution in [0.3, 0.4) is 0 Å². The number of hydrogen-bond acceptors (Lipinski definition) is 6. The normalized spacial score (nSPS) is 14.8. The predicted octanol–water partition coefficient (Wildman–Crippen LogP) is 0.976. The molecule has 3 aromatic rings. The fourth-order valence-corrected chi connectivity index (χ4v) is 2.61. The number of rotatable bonds is 3. The molecule has 1 saturated heterocycles. The maximum Gasteiger partial charge on any atom is 0.270 e. The first-order valence-corrected chi connectivity index (χ1v) is 6.92. The summed E-state index contributed by atoms with van der Waals surface area (Å²) in [5.74, 6) is 0.567. The van der Waals surface area contributed by atoms with Crippen LogP contribution in [0.5, 0.6) is 0 Å². The third-order valence-corrected chi connectivity index (χ3v) is 3.63. The molecule has 1 aliphatic rings. The first-order valence-electron chi connectivity index (χ1n) is 6.92. The lowest BCUT2D eigenvalue weighted by molar-refractivity contribution is -0.384. The maximum atomic E-state index is 11.0. The number of hydrogen-bond donors (Lipinski definition) is 1. The van der Waals surface area contributed by atoms with Crippen LogP contribution in [0.2, 0.25) is 0 Å². The number of non-ortho nitro benzene ring substituents is 1. The highest BCUT2D eigenvalue weighted by atomic mass is 16.6. The third-order valence-electron chi connectivity index (χ3n) is 3.63. The van der Waals surface area contributed by atoms with E-state index in [1.54, 1.807) is 34.0 Å². The topological polar surface area (TPSA) is 94.0 Å². The van der Waals surface area contributed by atoms with Crippen LogP contribution >= 0.6 is 0 Å². The van der Waals surface area contributed by atoms with Crippen LogP contribution in [-0.2, 0) is 0 Å². The highest BCUT2D eigenvalue weighted by molar-refractivity contribution is 5.88. The molecule has 3 heterocycles. The third kappa shape index (κ3) is 1.91. The van der Waals surface area contributed by atoms with Crippen LogP contribution in [0.1, 0.15) is 6.42 Å². The van der Waals surface area contributed by atoms with Crippen molar-refractivity contribution in [3.63, 3.8) is 0 Å². The van der Waals surface area contributed by atoms with Gasteiger partial charge in [0, 0.05) is 31.1 Å². The zero-order valence-electron chi connectivity index (χ0n) is 11.6. The second-order valence-electron chi connectivity index (χ2n) is 5.01. The Labute approximate surface area is 124 Å². The van der Waals surface area contributed by atoms with Crippen molar-refractivity contribution in [1.82, 2.24) is 25.1 Å². The van der Waals surface area contributed by atoms with Crippen molar-refractivity contribution in [3.05, 3.63) is 46.8 Å². The molecule has 1 N–H and O–H groups in total. The highest BCUT2D eigenvalue weighted by Gasteiger charge is 2.21. The smallest absolute Gasteiger partial charge is 0.258 e. The molecule has 4 rings (SSSR count). The molecular weight excluding hydrogens is 286 g/mol. The zero-order valence-corrected chi connectivity index (χ0v) is 11.6. The fourth-order valence-electron chi connectivity index (χ4n) is 2.61. The summed E-state index contributed by atoms with van der Waals surface area (Å²) in [5, 5.41) is 22.4. The van der Waals surface area contributed by atoms with E-state index >= 15 is 0 Å². The first-order chi connectivity index (χ1) is 10.7. The lowest BCUT2D eigenvalue weighted by Gasteiger charge is -2.17. The summed E-state index contributed by atoms with van der Waals surface area (Å²) in [6.07, 6.45) is 4.43. The Morgan fingerprint density at radius 2 is 2.27 bits per heavy atom. The minimum Gasteiger partial charge on any atom is -0.258 e. The minimum atomic E-state index is -0.405. The molecule has 1 aromatic carbocycles. The lowest BCUT2D eigenvalue weighted by Crippen LogP contribution is -2.41. The van der Waals surface area contributed by atoms with E-state index in [0.717, 1.165) is 25.0 Å². The van der Waals surface area contributed by atoms with Crippen LogP contribution in [0.25, 0.3) is 16.7 Å². The summed E-state index contributed by atoms with van der Waals surface area (Å²) in [5.41, 5.74) is 4.06. The van der Waals surface area contributed by atoms with Gasteiger partial charge in [0.25, 0.3) is 5.69 Å². The van der Waals surface area contributed by atoms with Gasteiger partial charge in [0.05, 0.1) is 22.4 Å². The molecule has 112 valence electrons. The Bertz CT molecular complexity index is 834. The van der Waals surface area contributed by atoms with E-state index in [1.807, 2.05) is 5.12 Å². The number of benzene rings is 1. The van der Waals surface area contributed by atoms with Gasteiger partial charge in [0.2, 0.25) is 0 Å². The standard InChI is InChI=1S/C13H13N7O2/c21-20(22)10-3-4-12-11(9-10)13(17-7-1-5-14-17)16-19(12)18-8-2-6-15-18/h1,3-5,7,9,15H,2,6,8H2. The second-order valence-corrected chi connectivity index (χ2v) is 5.01. The van der Waals surface area contributed by atoms with Gasteiger partial charge in [-0.2, -0.15) is 9.89 Å². The molecule has 1 fully saturated rings. The number of aromatic nitrogens is 4. The molecule has 0 spiro atoms. The van der Waals surface area contributed by atoms with Gasteiger partial charge in [-0.25, -0.2) is 15.2 Å². The van der Waals surface area contributed by atoms with Crippen LogP contribution in [0.4, 0.5) is 5.69 Å². The molecule has 0 amide bonds. The molecular formula is C13H13N7O2. The molecule has 9 nitrogen and oxygen atoms in total. The monoisotopic (exact) mass is 299 g/mol. The van der Waals surface area contributed by atoms with Gasteiger partial charge in [-0.3, -0.25) is 10.1 Å². The molecule has 1 aliphatic heterocycles. The number of nitro groups is 1. The quantitative estimate of drug-likeness (QED) is 0.572. The molecule has 0 atom stereocenters. The number of hydrazine groups is 1. The fraction of sp³-hybridized carbons (Fsp3) is 0.231. The van der Waals surface area contributed by atoms with Crippen molar-refractivity contribution in [2.24, 2.45) is 0 Å². The Kier molecular flexibility index (Phi) is 2.79. The minimum absolute atomic E-state index is 0.0369. The molecule has 0 bridgehead atoms. The average Bonchev–Trinajstić information content (AvgIpc) is 3.25. The van der Waals surface area contributed by atoms with E-state index in [0.29, 0.717) is 11.2 Å². The molecule has 0 unspecified atom stereocenters. The zero-order chi connectivity index (χ0) is 15.1. The molecule has 0 aliphatic carbocycles. The van der Waals surface area contributed by atoms with Crippen molar-refractivity contribution >= 4 is 16.6 Å². The number of nitrogens with zero attached hydrogens (tertiary/aromatic N) is 6. The summed E-state index contributed by atoms with van der Waals surface area (Å²) in [7, 11) is 0. The second kappa shape index (κ2) is 4.81. The highest BCUT2D eigenvalue weighted by Crippen LogP contribution is 2.26. The van der Waals surface area contributed by atoms with Crippen molar-refractivity contribution in [2.75, 3.05) is 18.2 Å². The Hall–Kier alpha value is -2.94. The van der Waals surface area contributed by atoms with E-state index in [2.05, 4.69) is 15.6 Å². The van der Waals surface area contributed by atoms with Gasteiger partial charge >= 0.3 is 0 Å². The predicted molar refractivity (Wildman–Crippen MR) is 79.2 cm³/mol. The van der Waals surface area contributed by atoms with E-state index in [1.165, 1.54) is 12.1 Å². The Morgan fingerprint density at radius 3 is 2.95 bits per heavy atom.